The predicted molar refractivity (Wildman–Crippen MR) is 123 cm³/mol. The Morgan fingerprint density at radius 2 is 1.83 bits per heavy atom. The summed E-state index contributed by atoms with van der Waals surface area (Å²) in [7, 11) is 0. The molecule has 0 atom stereocenters. The molecule has 2 amide bonds. The van der Waals surface area contributed by atoms with Crippen LogP contribution in [0.25, 0.3) is 17.0 Å². The molecule has 0 unspecified atom stereocenters. The van der Waals surface area contributed by atoms with Crippen molar-refractivity contribution in [3.05, 3.63) is 89.6 Å². The van der Waals surface area contributed by atoms with E-state index in [-0.39, 0.29) is 17.2 Å². The number of hydrogen-bond acceptors (Lipinski definition) is 3. The molecule has 0 spiro atoms. The van der Waals surface area contributed by atoms with Crippen molar-refractivity contribution >= 4 is 46.1 Å². The second-order valence-corrected chi connectivity index (χ2v) is 7.62. The SMILES string of the molecule is C=CCN1C(=O)/C(=C/c2cn(Cc3ccc(C)cc3)c3ccccc23)C(=O)NC1=S. The van der Waals surface area contributed by atoms with Crippen molar-refractivity contribution in [1.82, 2.24) is 14.8 Å². The molecular formula is C24H21N3O2S. The van der Waals surface area contributed by atoms with E-state index in [1.165, 1.54) is 16.0 Å². The highest BCUT2D eigenvalue weighted by molar-refractivity contribution is 7.80. The van der Waals surface area contributed by atoms with Gasteiger partial charge >= 0.3 is 0 Å². The lowest BCUT2D eigenvalue weighted by atomic mass is 10.1. The smallest absolute Gasteiger partial charge is 0.265 e. The van der Waals surface area contributed by atoms with Gasteiger partial charge in [0, 0.05) is 35.8 Å². The van der Waals surface area contributed by atoms with Crippen molar-refractivity contribution < 1.29 is 9.59 Å². The maximum Gasteiger partial charge on any atom is 0.265 e. The van der Waals surface area contributed by atoms with Gasteiger partial charge in [-0.25, -0.2) is 0 Å². The van der Waals surface area contributed by atoms with Gasteiger partial charge in [-0.2, -0.15) is 0 Å². The second-order valence-electron chi connectivity index (χ2n) is 7.24. The van der Waals surface area contributed by atoms with E-state index in [9.17, 15) is 9.59 Å². The predicted octanol–water partition coefficient (Wildman–Crippen LogP) is 3.81. The van der Waals surface area contributed by atoms with Crippen LogP contribution in [0, 0.1) is 6.92 Å². The minimum absolute atomic E-state index is 0.0590. The Hall–Kier alpha value is -3.51. The summed E-state index contributed by atoms with van der Waals surface area (Å²) < 4.78 is 2.13. The topological polar surface area (TPSA) is 54.3 Å². The molecule has 150 valence electrons. The summed E-state index contributed by atoms with van der Waals surface area (Å²) in [4.78, 5) is 26.7. The Morgan fingerprint density at radius 1 is 1.10 bits per heavy atom. The van der Waals surface area contributed by atoms with Crippen molar-refractivity contribution in [3.63, 3.8) is 0 Å². The third kappa shape index (κ3) is 3.69. The molecule has 0 radical (unpaired) electrons. The zero-order valence-electron chi connectivity index (χ0n) is 16.6. The highest BCUT2D eigenvalue weighted by atomic mass is 32.1. The number of amides is 2. The summed E-state index contributed by atoms with van der Waals surface area (Å²) in [5.41, 5.74) is 4.29. The number of carbonyl (C=O) groups is 2. The molecule has 1 aliphatic heterocycles. The van der Waals surface area contributed by atoms with E-state index in [1.807, 2.05) is 30.5 Å². The molecule has 0 saturated carbocycles. The van der Waals surface area contributed by atoms with Gasteiger partial charge in [0.25, 0.3) is 11.8 Å². The number of carbonyl (C=O) groups excluding carboxylic acids is 2. The summed E-state index contributed by atoms with van der Waals surface area (Å²) in [5.74, 6) is -0.903. The number of aryl methyl sites for hydroxylation is 1. The minimum Gasteiger partial charge on any atom is -0.342 e. The van der Waals surface area contributed by atoms with Gasteiger partial charge < -0.3 is 4.57 Å². The molecule has 30 heavy (non-hydrogen) atoms. The normalized spacial score (nSPS) is 15.7. The van der Waals surface area contributed by atoms with Crippen LogP contribution in [0.15, 0.2) is 73.0 Å². The number of nitrogens with zero attached hydrogens (tertiary/aromatic N) is 2. The summed E-state index contributed by atoms with van der Waals surface area (Å²) in [5, 5.41) is 3.66. The number of benzene rings is 2. The van der Waals surface area contributed by atoms with E-state index >= 15 is 0 Å². The van der Waals surface area contributed by atoms with Gasteiger partial charge in [-0.05, 0) is 36.8 Å². The van der Waals surface area contributed by atoms with Gasteiger partial charge in [-0.15, -0.1) is 6.58 Å². The molecule has 3 aromatic rings. The van der Waals surface area contributed by atoms with Gasteiger partial charge in [0.05, 0.1) is 0 Å². The quantitative estimate of drug-likeness (QED) is 0.298. The first-order valence-electron chi connectivity index (χ1n) is 9.61. The monoisotopic (exact) mass is 415 g/mol. The van der Waals surface area contributed by atoms with Crippen LogP contribution in [-0.2, 0) is 16.1 Å². The lowest BCUT2D eigenvalue weighted by Crippen LogP contribution is -2.53. The summed E-state index contributed by atoms with van der Waals surface area (Å²) in [6.07, 6.45) is 5.19. The average molecular weight is 416 g/mol. The summed E-state index contributed by atoms with van der Waals surface area (Å²) in [6.45, 7) is 6.65. The largest absolute Gasteiger partial charge is 0.342 e. The van der Waals surface area contributed by atoms with Gasteiger partial charge in [-0.3, -0.25) is 19.8 Å². The number of hydrogen-bond donors (Lipinski definition) is 1. The van der Waals surface area contributed by atoms with Crippen molar-refractivity contribution in [2.75, 3.05) is 6.54 Å². The van der Waals surface area contributed by atoms with Gasteiger partial charge in [0.2, 0.25) is 0 Å². The lowest BCUT2D eigenvalue weighted by Gasteiger charge is -2.27. The fourth-order valence-electron chi connectivity index (χ4n) is 3.56. The summed E-state index contributed by atoms with van der Waals surface area (Å²) >= 11 is 5.12. The number of fused-ring (bicyclic) bond motifs is 1. The molecule has 2 heterocycles. The van der Waals surface area contributed by atoms with Crippen LogP contribution in [0.5, 0.6) is 0 Å². The molecule has 1 saturated heterocycles. The highest BCUT2D eigenvalue weighted by Crippen LogP contribution is 2.26. The first kappa shape index (κ1) is 19.8. The maximum absolute atomic E-state index is 12.9. The van der Waals surface area contributed by atoms with Crippen molar-refractivity contribution in [1.29, 1.82) is 0 Å². The van der Waals surface area contributed by atoms with Crippen LogP contribution in [-0.4, -0.2) is 32.9 Å². The van der Waals surface area contributed by atoms with E-state index in [0.717, 1.165) is 16.5 Å². The first-order valence-corrected chi connectivity index (χ1v) is 10.0. The van der Waals surface area contributed by atoms with Crippen molar-refractivity contribution in [3.8, 4) is 0 Å². The standard InChI is InChI=1S/C24H21N3O2S/c1-3-12-27-23(29)20(22(28)25-24(27)30)13-18-15-26(21-7-5-4-6-19(18)21)14-17-10-8-16(2)9-11-17/h3-11,13,15H,1,12,14H2,2H3,(H,25,28,30)/b20-13+. The minimum atomic E-state index is -0.485. The molecule has 1 N–H and O–H groups in total. The molecule has 6 heteroatoms. The van der Waals surface area contributed by atoms with Gasteiger partial charge in [0.1, 0.15) is 5.57 Å². The molecule has 0 aliphatic carbocycles. The molecule has 1 aromatic heterocycles. The number of aromatic nitrogens is 1. The number of para-hydroxylation sites is 1. The average Bonchev–Trinajstić information content (AvgIpc) is 3.07. The third-order valence-corrected chi connectivity index (χ3v) is 5.41. The van der Waals surface area contributed by atoms with Crippen molar-refractivity contribution in [2.45, 2.75) is 13.5 Å². The molecule has 1 aliphatic rings. The van der Waals surface area contributed by atoms with Crippen molar-refractivity contribution in [2.24, 2.45) is 0 Å². The number of rotatable bonds is 5. The lowest BCUT2D eigenvalue weighted by molar-refractivity contribution is -0.128. The molecule has 4 rings (SSSR count). The Morgan fingerprint density at radius 3 is 2.57 bits per heavy atom. The Balaban J connectivity index is 1.76. The highest BCUT2D eigenvalue weighted by Gasteiger charge is 2.32. The van der Waals surface area contributed by atoms with Crippen LogP contribution in [0.4, 0.5) is 0 Å². The maximum atomic E-state index is 12.9. The first-order chi connectivity index (χ1) is 14.5. The van der Waals surface area contributed by atoms with Gasteiger partial charge in [0.15, 0.2) is 5.11 Å². The third-order valence-electron chi connectivity index (χ3n) is 5.09. The number of thiocarbonyl (C=S) groups is 1. The fraction of sp³-hybridized carbons (Fsp3) is 0.125. The van der Waals surface area contributed by atoms with Crippen LogP contribution in [0.3, 0.4) is 0 Å². The fourth-order valence-corrected chi connectivity index (χ4v) is 3.81. The molecule has 0 bridgehead atoms. The number of nitrogens with one attached hydrogen (secondary N) is 1. The van der Waals surface area contributed by atoms with Crippen LogP contribution in [0.1, 0.15) is 16.7 Å². The second kappa shape index (κ2) is 8.08. The van der Waals surface area contributed by atoms with Gasteiger partial charge in [-0.1, -0.05) is 54.1 Å². The molecule has 2 aromatic carbocycles. The molecule has 1 fully saturated rings. The van der Waals surface area contributed by atoms with Crippen LogP contribution >= 0.6 is 12.2 Å². The molecule has 5 nitrogen and oxygen atoms in total. The van der Waals surface area contributed by atoms with E-state index < -0.39 is 11.8 Å². The zero-order valence-corrected chi connectivity index (χ0v) is 17.4. The Kier molecular flexibility index (Phi) is 5.33. The zero-order chi connectivity index (χ0) is 21.3. The Labute approximate surface area is 180 Å². The van der Waals surface area contributed by atoms with E-state index in [0.29, 0.717) is 6.54 Å². The van der Waals surface area contributed by atoms with Crippen LogP contribution < -0.4 is 5.32 Å². The van der Waals surface area contributed by atoms with E-state index in [1.54, 1.807) is 12.2 Å². The molecular weight excluding hydrogens is 394 g/mol. The van der Waals surface area contributed by atoms with E-state index in [2.05, 4.69) is 47.7 Å². The van der Waals surface area contributed by atoms with Crippen LogP contribution in [0.2, 0.25) is 0 Å². The Bertz CT molecular complexity index is 1200. The summed E-state index contributed by atoms with van der Waals surface area (Å²) in [6, 6.07) is 16.3. The van der Waals surface area contributed by atoms with E-state index in [4.69, 9.17) is 12.2 Å².